The number of halogens is 3. The molecule has 0 radical (unpaired) electrons. The maximum atomic E-state index is 12.9. The molecule has 2 heterocycles. The molecule has 4 nitrogen and oxygen atoms in total. The summed E-state index contributed by atoms with van der Waals surface area (Å²) in [6, 6.07) is 13.1. The van der Waals surface area contributed by atoms with Gasteiger partial charge in [0.2, 0.25) is 0 Å². The molecule has 1 aromatic heterocycles. The molecule has 0 N–H and O–H groups in total. The maximum absolute atomic E-state index is 12.9. The highest BCUT2D eigenvalue weighted by Crippen LogP contribution is 2.31. The Labute approximate surface area is 165 Å². The van der Waals surface area contributed by atoms with Gasteiger partial charge in [-0.2, -0.15) is 0 Å². The Morgan fingerprint density at radius 3 is 2.38 bits per heavy atom. The molecular weight excluding hydrogens is 393 g/mol. The summed E-state index contributed by atoms with van der Waals surface area (Å²) in [6.07, 6.45) is 1.85. The van der Waals surface area contributed by atoms with Gasteiger partial charge in [0.1, 0.15) is 5.82 Å². The Balaban J connectivity index is 1.62. The van der Waals surface area contributed by atoms with E-state index in [4.69, 9.17) is 34.8 Å². The third kappa shape index (κ3) is 3.09. The van der Waals surface area contributed by atoms with Crippen LogP contribution in [0.2, 0.25) is 15.1 Å². The van der Waals surface area contributed by atoms with Crippen LogP contribution in [0.3, 0.4) is 0 Å². The molecule has 2 aromatic carbocycles. The molecule has 0 saturated heterocycles. The standard InChI is InChI=1S/C19H14Cl3N3O/c20-13-8-14(21)18(15(22)9-13)19(26)24-6-7-25-16(10-23-17(25)11-24)12-4-2-1-3-5-12/h1-5,8-10H,6-7,11H2. The first-order valence-corrected chi connectivity index (χ1v) is 9.21. The SMILES string of the molecule is O=C(c1c(Cl)cc(Cl)cc1Cl)N1CCn2c(-c3ccccc3)cnc2C1. The first-order chi connectivity index (χ1) is 12.5. The number of fused-ring (bicyclic) bond motifs is 1. The number of rotatable bonds is 2. The predicted molar refractivity (Wildman–Crippen MR) is 104 cm³/mol. The van der Waals surface area contributed by atoms with Gasteiger partial charge < -0.3 is 9.47 Å². The van der Waals surface area contributed by atoms with Crippen LogP contribution in [-0.4, -0.2) is 26.9 Å². The largest absolute Gasteiger partial charge is 0.329 e. The highest BCUT2D eigenvalue weighted by Gasteiger charge is 2.27. The van der Waals surface area contributed by atoms with Crippen LogP contribution in [0.4, 0.5) is 0 Å². The lowest BCUT2D eigenvalue weighted by molar-refractivity contribution is 0.0708. The Morgan fingerprint density at radius 2 is 1.69 bits per heavy atom. The molecule has 0 bridgehead atoms. The van der Waals surface area contributed by atoms with E-state index in [-0.39, 0.29) is 21.5 Å². The molecule has 7 heteroatoms. The van der Waals surface area contributed by atoms with Crippen molar-refractivity contribution in [1.82, 2.24) is 14.5 Å². The lowest BCUT2D eigenvalue weighted by Gasteiger charge is -2.29. The van der Waals surface area contributed by atoms with Gasteiger partial charge in [0.05, 0.1) is 34.0 Å². The van der Waals surface area contributed by atoms with E-state index in [1.807, 2.05) is 24.4 Å². The molecule has 4 rings (SSSR count). The van der Waals surface area contributed by atoms with E-state index >= 15 is 0 Å². The summed E-state index contributed by atoms with van der Waals surface area (Å²) in [5.41, 5.74) is 2.44. The Kier molecular flexibility index (Phi) is 4.65. The molecule has 0 fully saturated rings. The zero-order valence-corrected chi connectivity index (χ0v) is 15.9. The van der Waals surface area contributed by atoms with E-state index in [2.05, 4.69) is 21.7 Å². The fraction of sp³-hybridized carbons (Fsp3) is 0.158. The Bertz CT molecular complexity index is 962. The van der Waals surface area contributed by atoms with Gasteiger partial charge in [-0.15, -0.1) is 0 Å². The van der Waals surface area contributed by atoms with E-state index in [0.717, 1.165) is 17.1 Å². The molecule has 3 aromatic rings. The summed E-state index contributed by atoms with van der Waals surface area (Å²) < 4.78 is 2.14. The molecule has 0 saturated carbocycles. The molecule has 0 atom stereocenters. The van der Waals surface area contributed by atoms with Crippen LogP contribution in [0, 0.1) is 0 Å². The number of hydrogen-bond acceptors (Lipinski definition) is 2. The van der Waals surface area contributed by atoms with Crippen LogP contribution in [-0.2, 0) is 13.1 Å². The second-order valence-electron chi connectivity index (χ2n) is 6.05. The smallest absolute Gasteiger partial charge is 0.257 e. The highest BCUT2D eigenvalue weighted by atomic mass is 35.5. The molecule has 0 unspecified atom stereocenters. The number of imidazole rings is 1. The summed E-state index contributed by atoms with van der Waals surface area (Å²) in [5.74, 6) is 0.622. The zero-order chi connectivity index (χ0) is 18.3. The lowest BCUT2D eigenvalue weighted by Crippen LogP contribution is -2.38. The van der Waals surface area contributed by atoms with Crippen LogP contribution in [0.5, 0.6) is 0 Å². The van der Waals surface area contributed by atoms with Crippen molar-refractivity contribution in [3.63, 3.8) is 0 Å². The van der Waals surface area contributed by atoms with Gasteiger partial charge in [0, 0.05) is 18.1 Å². The average molecular weight is 407 g/mol. The van der Waals surface area contributed by atoms with Crippen molar-refractivity contribution in [2.24, 2.45) is 0 Å². The molecule has 26 heavy (non-hydrogen) atoms. The van der Waals surface area contributed by atoms with Gasteiger partial charge in [-0.1, -0.05) is 65.1 Å². The number of amides is 1. The molecular formula is C19H14Cl3N3O. The number of hydrogen-bond donors (Lipinski definition) is 0. The fourth-order valence-electron chi connectivity index (χ4n) is 3.18. The van der Waals surface area contributed by atoms with E-state index in [0.29, 0.717) is 24.7 Å². The van der Waals surface area contributed by atoms with Crippen molar-refractivity contribution < 1.29 is 4.79 Å². The van der Waals surface area contributed by atoms with Crippen molar-refractivity contribution >= 4 is 40.7 Å². The third-order valence-electron chi connectivity index (χ3n) is 4.44. The first-order valence-electron chi connectivity index (χ1n) is 8.08. The monoisotopic (exact) mass is 405 g/mol. The minimum atomic E-state index is -0.216. The van der Waals surface area contributed by atoms with Crippen LogP contribution < -0.4 is 0 Å². The fourth-order valence-corrected chi connectivity index (χ4v) is 4.16. The van der Waals surface area contributed by atoms with E-state index in [9.17, 15) is 4.79 Å². The minimum Gasteiger partial charge on any atom is -0.329 e. The number of nitrogens with zero attached hydrogens (tertiary/aromatic N) is 3. The highest BCUT2D eigenvalue weighted by molar-refractivity contribution is 6.42. The van der Waals surface area contributed by atoms with Crippen molar-refractivity contribution in [2.75, 3.05) is 6.54 Å². The van der Waals surface area contributed by atoms with Gasteiger partial charge in [0.15, 0.2) is 0 Å². The lowest BCUT2D eigenvalue weighted by atomic mass is 10.1. The molecule has 1 aliphatic heterocycles. The quantitative estimate of drug-likeness (QED) is 0.589. The summed E-state index contributed by atoms with van der Waals surface area (Å²) >= 11 is 18.3. The predicted octanol–water partition coefficient (Wildman–Crippen LogP) is 5.17. The number of aromatic nitrogens is 2. The zero-order valence-electron chi connectivity index (χ0n) is 13.6. The van der Waals surface area contributed by atoms with Gasteiger partial charge in [-0.05, 0) is 17.7 Å². The summed E-state index contributed by atoms with van der Waals surface area (Å²) in [6.45, 7) is 1.62. The summed E-state index contributed by atoms with van der Waals surface area (Å²) in [4.78, 5) is 19.1. The Morgan fingerprint density at radius 1 is 1.00 bits per heavy atom. The van der Waals surface area contributed by atoms with Crippen molar-refractivity contribution in [2.45, 2.75) is 13.1 Å². The van der Waals surface area contributed by atoms with Crippen molar-refractivity contribution in [3.05, 3.63) is 75.1 Å². The Hall–Kier alpha value is -2.01. The van der Waals surface area contributed by atoms with Gasteiger partial charge >= 0.3 is 0 Å². The van der Waals surface area contributed by atoms with Crippen LogP contribution in [0.1, 0.15) is 16.2 Å². The van der Waals surface area contributed by atoms with Crippen LogP contribution in [0.25, 0.3) is 11.3 Å². The summed E-state index contributed by atoms with van der Waals surface area (Å²) in [7, 11) is 0. The van der Waals surface area contributed by atoms with Crippen LogP contribution in [0.15, 0.2) is 48.7 Å². The molecule has 132 valence electrons. The van der Waals surface area contributed by atoms with Gasteiger partial charge in [-0.25, -0.2) is 4.98 Å². The second kappa shape index (κ2) is 6.95. The normalized spacial score (nSPS) is 13.6. The summed E-state index contributed by atoms with van der Waals surface area (Å²) in [5, 5.41) is 0.913. The third-order valence-corrected chi connectivity index (χ3v) is 5.26. The minimum absolute atomic E-state index is 0.216. The second-order valence-corrected chi connectivity index (χ2v) is 7.30. The number of carbonyl (C=O) groups is 1. The molecule has 1 aliphatic rings. The van der Waals surface area contributed by atoms with Crippen molar-refractivity contribution in [1.29, 1.82) is 0 Å². The average Bonchev–Trinajstić information content (AvgIpc) is 3.04. The first kappa shape index (κ1) is 17.4. The van der Waals surface area contributed by atoms with Crippen molar-refractivity contribution in [3.8, 4) is 11.3 Å². The topological polar surface area (TPSA) is 38.1 Å². The van der Waals surface area contributed by atoms with Crippen LogP contribution >= 0.6 is 34.8 Å². The van der Waals surface area contributed by atoms with E-state index < -0.39 is 0 Å². The van der Waals surface area contributed by atoms with E-state index in [1.54, 1.807) is 4.90 Å². The molecule has 1 amide bonds. The maximum Gasteiger partial charge on any atom is 0.257 e. The van der Waals surface area contributed by atoms with Gasteiger partial charge in [0.25, 0.3) is 5.91 Å². The molecule has 0 spiro atoms. The molecule has 0 aliphatic carbocycles. The van der Waals surface area contributed by atoms with Gasteiger partial charge in [-0.3, -0.25) is 4.79 Å². The number of carbonyl (C=O) groups excluding carboxylic acids is 1. The number of benzene rings is 2. The van der Waals surface area contributed by atoms with E-state index in [1.165, 1.54) is 12.1 Å².